The van der Waals surface area contributed by atoms with Gasteiger partial charge in [-0.1, -0.05) is 61.9 Å². The van der Waals surface area contributed by atoms with Gasteiger partial charge in [0.1, 0.15) is 0 Å². The summed E-state index contributed by atoms with van der Waals surface area (Å²) >= 11 is 0. The Hall–Kier alpha value is -2.29. The highest BCUT2D eigenvalue weighted by Crippen LogP contribution is 2.26. The lowest BCUT2D eigenvalue weighted by Crippen LogP contribution is -2.41. The number of hydrogen-bond acceptors (Lipinski definition) is 2. The van der Waals surface area contributed by atoms with Gasteiger partial charge in [0.2, 0.25) is 5.91 Å². The summed E-state index contributed by atoms with van der Waals surface area (Å²) in [6.07, 6.45) is 2.81. The number of rotatable bonds is 6. The number of amides is 1. The van der Waals surface area contributed by atoms with Gasteiger partial charge in [0.15, 0.2) is 0 Å². The minimum absolute atomic E-state index is 0.105. The van der Waals surface area contributed by atoms with Gasteiger partial charge in [-0.25, -0.2) is 0 Å². The smallest absolute Gasteiger partial charge is 0.223 e. The SMILES string of the molecule is Cc1ccc(N2CCC(C(=O)N[C@H](CC(C)C)c3ccccc3)CC2)cc1. The van der Waals surface area contributed by atoms with Gasteiger partial charge in [0.25, 0.3) is 0 Å². The Bertz CT molecular complexity index is 716. The molecular weight excluding hydrogens is 332 g/mol. The maximum Gasteiger partial charge on any atom is 0.223 e. The molecule has 1 N–H and O–H groups in total. The molecule has 0 saturated carbocycles. The molecule has 0 aliphatic carbocycles. The standard InChI is InChI=1S/C24H32N2O/c1-18(2)17-23(20-7-5-4-6-8-20)25-24(27)21-13-15-26(16-14-21)22-11-9-19(3)10-12-22/h4-12,18,21,23H,13-17H2,1-3H3,(H,25,27)/t23-/m1/s1. The van der Waals surface area contributed by atoms with E-state index in [1.54, 1.807) is 0 Å². The molecule has 0 unspecified atom stereocenters. The van der Waals surface area contributed by atoms with E-state index in [0.717, 1.165) is 32.4 Å². The second-order valence-corrected chi connectivity index (χ2v) is 8.20. The zero-order valence-electron chi connectivity index (χ0n) is 16.8. The Morgan fingerprint density at radius 3 is 2.26 bits per heavy atom. The van der Waals surface area contributed by atoms with E-state index < -0.39 is 0 Å². The second-order valence-electron chi connectivity index (χ2n) is 8.20. The molecule has 27 heavy (non-hydrogen) atoms. The Labute approximate surface area is 163 Å². The van der Waals surface area contributed by atoms with E-state index in [1.807, 2.05) is 6.07 Å². The molecule has 0 aromatic heterocycles. The molecule has 3 rings (SSSR count). The van der Waals surface area contributed by atoms with Crippen LogP contribution in [-0.2, 0) is 4.79 Å². The quantitative estimate of drug-likeness (QED) is 0.772. The van der Waals surface area contributed by atoms with E-state index in [9.17, 15) is 4.79 Å². The van der Waals surface area contributed by atoms with Crippen molar-refractivity contribution < 1.29 is 4.79 Å². The molecule has 1 heterocycles. The molecular formula is C24H32N2O. The Balaban J connectivity index is 1.58. The highest BCUT2D eigenvalue weighted by molar-refractivity contribution is 5.79. The molecule has 1 saturated heterocycles. The molecule has 144 valence electrons. The van der Waals surface area contributed by atoms with Gasteiger partial charge >= 0.3 is 0 Å². The summed E-state index contributed by atoms with van der Waals surface area (Å²) in [4.78, 5) is 15.3. The molecule has 0 bridgehead atoms. The summed E-state index contributed by atoms with van der Waals surface area (Å²) in [6.45, 7) is 8.42. The molecule has 3 nitrogen and oxygen atoms in total. The number of benzene rings is 2. The van der Waals surface area contributed by atoms with Crippen LogP contribution in [-0.4, -0.2) is 19.0 Å². The van der Waals surface area contributed by atoms with Crippen LogP contribution in [0, 0.1) is 18.8 Å². The minimum atomic E-state index is 0.105. The maximum atomic E-state index is 12.9. The number of nitrogens with zero attached hydrogens (tertiary/aromatic N) is 1. The summed E-state index contributed by atoms with van der Waals surface area (Å²) in [5.74, 6) is 0.872. The first-order chi connectivity index (χ1) is 13.0. The number of carbonyl (C=O) groups is 1. The van der Waals surface area contributed by atoms with E-state index >= 15 is 0 Å². The molecule has 3 heteroatoms. The number of aryl methyl sites for hydroxylation is 1. The van der Waals surface area contributed by atoms with Crippen LogP contribution in [0.25, 0.3) is 0 Å². The lowest BCUT2D eigenvalue weighted by atomic mass is 9.92. The van der Waals surface area contributed by atoms with E-state index in [0.29, 0.717) is 5.92 Å². The van der Waals surface area contributed by atoms with Gasteiger partial charge in [-0.3, -0.25) is 4.79 Å². The summed E-state index contributed by atoms with van der Waals surface area (Å²) in [5, 5.41) is 3.34. The lowest BCUT2D eigenvalue weighted by molar-refractivity contribution is -0.126. The summed E-state index contributed by atoms with van der Waals surface area (Å²) < 4.78 is 0. The summed E-state index contributed by atoms with van der Waals surface area (Å²) in [7, 11) is 0. The molecule has 1 aliphatic rings. The Morgan fingerprint density at radius 1 is 1.04 bits per heavy atom. The van der Waals surface area contributed by atoms with Crippen molar-refractivity contribution in [1.29, 1.82) is 0 Å². The fourth-order valence-electron chi connectivity index (χ4n) is 3.88. The summed E-state index contributed by atoms with van der Waals surface area (Å²) in [6, 6.07) is 19.2. The van der Waals surface area contributed by atoms with Crippen LogP contribution in [0.4, 0.5) is 5.69 Å². The van der Waals surface area contributed by atoms with Crippen LogP contribution < -0.4 is 10.2 Å². The largest absolute Gasteiger partial charge is 0.371 e. The normalized spacial score (nSPS) is 16.4. The van der Waals surface area contributed by atoms with Crippen molar-refractivity contribution in [2.24, 2.45) is 11.8 Å². The monoisotopic (exact) mass is 364 g/mol. The van der Waals surface area contributed by atoms with Gasteiger partial charge < -0.3 is 10.2 Å². The van der Waals surface area contributed by atoms with Gasteiger partial charge in [0, 0.05) is 24.7 Å². The zero-order valence-corrected chi connectivity index (χ0v) is 16.8. The predicted octanol–water partition coefficient (Wildman–Crippen LogP) is 5.12. The van der Waals surface area contributed by atoms with Crippen molar-refractivity contribution in [1.82, 2.24) is 5.32 Å². The fraction of sp³-hybridized carbons (Fsp3) is 0.458. The summed E-state index contributed by atoms with van der Waals surface area (Å²) in [5.41, 5.74) is 3.75. The third kappa shape index (κ3) is 5.35. The lowest BCUT2D eigenvalue weighted by Gasteiger charge is -2.34. The Kier molecular flexibility index (Phi) is 6.54. The van der Waals surface area contributed by atoms with E-state index in [-0.39, 0.29) is 17.9 Å². The highest BCUT2D eigenvalue weighted by Gasteiger charge is 2.27. The van der Waals surface area contributed by atoms with Crippen molar-refractivity contribution in [3.63, 3.8) is 0 Å². The van der Waals surface area contributed by atoms with Gasteiger partial charge in [-0.15, -0.1) is 0 Å². The molecule has 2 aromatic carbocycles. The molecule has 0 spiro atoms. The van der Waals surface area contributed by atoms with Gasteiger partial charge in [-0.05, 0) is 49.8 Å². The van der Waals surface area contributed by atoms with E-state index in [4.69, 9.17) is 0 Å². The molecule has 1 amide bonds. The van der Waals surface area contributed by atoms with Crippen LogP contribution in [0.5, 0.6) is 0 Å². The van der Waals surface area contributed by atoms with Gasteiger partial charge in [0.05, 0.1) is 6.04 Å². The van der Waals surface area contributed by atoms with Crippen LogP contribution >= 0.6 is 0 Å². The highest BCUT2D eigenvalue weighted by atomic mass is 16.1. The number of carbonyl (C=O) groups excluding carboxylic acids is 1. The topological polar surface area (TPSA) is 32.3 Å². The minimum Gasteiger partial charge on any atom is -0.371 e. The average Bonchev–Trinajstić information content (AvgIpc) is 2.68. The third-order valence-corrected chi connectivity index (χ3v) is 5.49. The average molecular weight is 365 g/mol. The van der Waals surface area contributed by atoms with E-state index in [1.165, 1.54) is 16.8 Å². The van der Waals surface area contributed by atoms with Crippen molar-refractivity contribution in [2.75, 3.05) is 18.0 Å². The first-order valence-corrected chi connectivity index (χ1v) is 10.2. The first kappa shape index (κ1) is 19.5. The van der Waals surface area contributed by atoms with Crippen LogP contribution in [0.15, 0.2) is 54.6 Å². The van der Waals surface area contributed by atoms with E-state index in [2.05, 4.69) is 79.5 Å². The van der Waals surface area contributed by atoms with Crippen molar-refractivity contribution in [3.8, 4) is 0 Å². The molecule has 1 atom stereocenters. The molecule has 1 aliphatic heterocycles. The van der Waals surface area contributed by atoms with Gasteiger partial charge in [-0.2, -0.15) is 0 Å². The van der Waals surface area contributed by atoms with Crippen molar-refractivity contribution in [3.05, 3.63) is 65.7 Å². The molecule has 0 radical (unpaired) electrons. The first-order valence-electron chi connectivity index (χ1n) is 10.2. The number of nitrogens with one attached hydrogen (secondary N) is 1. The fourth-order valence-corrected chi connectivity index (χ4v) is 3.88. The van der Waals surface area contributed by atoms with Crippen LogP contribution in [0.3, 0.4) is 0 Å². The zero-order chi connectivity index (χ0) is 19.2. The number of piperidine rings is 1. The van der Waals surface area contributed by atoms with Crippen molar-refractivity contribution >= 4 is 11.6 Å². The molecule has 1 fully saturated rings. The Morgan fingerprint density at radius 2 is 1.67 bits per heavy atom. The number of anilines is 1. The van der Waals surface area contributed by atoms with Crippen LogP contribution in [0.1, 0.15) is 50.3 Å². The third-order valence-electron chi connectivity index (χ3n) is 5.49. The number of hydrogen-bond donors (Lipinski definition) is 1. The maximum absolute atomic E-state index is 12.9. The second kappa shape index (κ2) is 9.07. The molecule has 2 aromatic rings. The van der Waals surface area contributed by atoms with Crippen LogP contribution in [0.2, 0.25) is 0 Å². The predicted molar refractivity (Wildman–Crippen MR) is 113 cm³/mol. The van der Waals surface area contributed by atoms with Crippen molar-refractivity contribution in [2.45, 2.75) is 46.1 Å².